The first-order valence-corrected chi connectivity index (χ1v) is 8.86. The van der Waals surface area contributed by atoms with Gasteiger partial charge in [-0.3, -0.25) is 4.79 Å². The molecule has 2 aromatic rings. The molecule has 2 aromatic carbocycles. The highest BCUT2D eigenvalue weighted by Crippen LogP contribution is 2.19. The number of aryl methyl sites for hydroxylation is 1. The Morgan fingerprint density at radius 1 is 1.30 bits per heavy atom. The average Bonchev–Trinajstić information content (AvgIpc) is 3.10. The van der Waals surface area contributed by atoms with Gasteiger partial charge in [0, 0.05) is 20.1 Å². The van der Waals surface area contributed by atoms with Crippen LogP contribution in [0.5, 0.6) is 0 Å². The molecule has 1 aliphatic heterocycles. The van der Waals surface area contributed by atoms with Crippen molar-refractivity contribution in [3.63, 3.8) is 0 Å². The van der Waals surface area contributed by atoms with E-state index in [0.717, 1.165) is 16.8 Å². The van der Waals surface area contributed by atoms with Crippen LogP contribution in [0.25, 0.3) is 0 Å². The van der Waals surface area contributed by atoms with Crippen molar-refractivity contribution < 1.29 is 18.8 Å². The van der Waals surface area contributed by atoms with E-state index < -0.39 is 0 Å². The summed E-state index contributed by atoms with van der Waals surface area (Å²) in [6, 6.07) is 14.3. The number of oxime groups is 1. The maximum atomic E-state index is 13.5. The first-order valence-electron chi connectivity index (χ1n) is 8.86. The molecule has 0 saturated heterocycles. The van der Waals surface area contributed by atoms with Crippen LogP contribution in [0.3, 0.4) is 0 Å². The first kappa shape index (κ1) is 19.0. The lowest BCUT2D eigenvalue weighted by Gasteiger charge is -2.24. The number of nitrogens with zero attached hydrogens (tertiary/aromatic N) is 2. The second-order valence-electron chi connectivity index (χ2n) is 6.67. The van der Waals surface area contributed by atoms with Crippen molar-refractivity contribution in [2.75, 3.05) is 20.3 Å². The van der Waals surface area contributed by atoms with Crippen molar-refractivity contribution in [1.82, 2.24) is 4.90 Å². The fraction of sp³-hybridized carbons (Fsp3) is 0.333. The number of hydrogen-bond acceptors (Lipinski definition) is 4. The molecular formula is C21H23FN2O3. The number of amides is 1. The lowest BCUT2D eigenvalue weighted by Crippen LogP contribution is -2.39. The molecular weight excluding hydrogens is 347 g/mol. The fourth-order valence-corrected chi connectivity index (χ4v) is 3.01. The summed E-state index contributed by atoms with van der Waals surface area (Å²) in [4.78, 5) is 19.6. The Hall–Kier alpha value is -2.73. The van der Waals surface area contributed by atoms with Gasteiger partial charge in [-0.05, 0) is 30.2 Å². The molecule has 27 heavy (non-hydrogen) atoms. The summed E-state index contributed by atoms with van der Waals surface area (Å²) >= 11 is 0. The van der Waals surface area contributed by atoms with E-state index in [1.54, 1.807) is 17.0 Å². The molecule has 0 aromatic heterocycles. The molecule has 3 rings (SSSR count). The fourth-order valence-electron chi connectivity index (χ4n) is 3.01. The topological polar surface area (TPSA) is 51.1 Å². The van der Waals surface area contributed by atoms with Crippen LogP contribution < -0.4 is 0 Å². The Morgan fingerprint density at radius 2 is 2.07 bits per heavy atom. The largest absolute Gasteiger partial charge is 0.390 e. The van der Waals surface area contributed by atoms with E-state index in [2.05, 4.69) is 5.16 Å². The van der Waals surface area contributed by atoms with Gasteiger partial charge in [0.1, 0.15) is 12.4 Å². The number of carbonyl (C=O) groups excluding carboxylic acids is 1. The van der Waals surface area contributed by atoms with Gasteiger partial charge in [0.2, 0.25) is 5.91 Å². The van der Waals surface area contributed by atoms with Crippen molar-refractivity contribution in [2.24, 2.45) is 5.16 Å². The molecule has 1 heterocycles. The number of carbonyl (C=O) groups is 1. The van der Waals surface area contributed by atoms with Gasteiger partial charge >= 0.3 is 0 Å². The van der Waals surface area contributed by atoms with Crippen molar-refractivity contribution in [3.8, 4) is 0 Å². The predicted molar refractivity (Wildman–Crippen MR) is 101 cm³/mol. The van der Waals surface area contributed by atoms with Gasteiger partial charge in [-0.25, -0.2) is 4.39 Å². The predicted octanol–water partition coefficient (Wildman–Crippen LogP) is 3.30. The summed E-state index contributed by atoms with van der Waals surface area (Å²) in [6.07, 6.45) is 0.374. The summed E-state index contributed by atoms with van der Waals surface area (Å²) in [7, 11) is 1.48. The third-order valence-electron chi connectivity index (χ3n) is 4.42. The molecule has 5 nitrogen and oxygen atoms in total. The summed E-state index contributed by atoms with van der Waals surface area (Å²) in [5.41, 5.74) is 3.78. The van der Waals surface area contributed by atoms with Crippen LogP contribution in [0, 0.1) is 12.7 Å². The van der Waals surface area contributed by atoms with E-state index in [9.17, 15) is 9.18 Å². The van der Waals surface area contributed by atoms with Crippen molar-refractivity contribution in [2.45, 2.75) is 26.0 Å². The number of benzene rings is 2. The molecule has 1 aliphatic rings. The van der Waals surface area contributed by atoms with Crippen molar-refractivity contribution in [1.29, 1.82) is 0 Å². The Labute approximate surface area is 158 Å². The average molecular weight is 370 g/mol. The monoisotopic (exact) mass is 370 g/mol. The van der Waals surface area contributed by atoms with Crippen LogP contribution in [0.15, 0.2) is 53.7 Å². The highest BCUT2D eigenvalue weighted by atomic mass is 19.1. The summed E-state index contributed by atoms with van der Waals surface area (Å²) in [5, 5.41) is 4.18. The number of halogens is 1. The van der Waals surface area contributed by atoms with Crippen LogP contribution in [0.1, 0.15) is 23.1 Å². The zero-order chi connectivity index (χ0) is 19.2. The molecule has 6 heteroatoms. The van der Waals surface area contributed by atoms with E-state index >= 15 is 0 Å². The Bertz CT molecular complexity index is 820. The molecule has 0 saturated carbocycles. The molecule has 0 aliphatic carbocycles. The number of methoxy groups -OCH3 is 1. The van der Waals surface area contributed by atoms with Crippen molar-refractivity contribution >= 4 is 11.6 Å². The molecule has 0 fully saturated rings. The lowest BCUT2D eigenvalue weighted by atomic mass is 10.0. The minimum Gasteiger partial charge on any atom is -0.390 e. The van der Waals surface area contributed by atoms with E-state index in [0.29, 0.717) is 19.5 Å². The Balaban J connectivity index is 1.66. The van der Waals surface area contributed by atoms with E-state index in [4.69, 9.17) is 9.57 Å². The maximum Gasteiger partial charge on any atom is 0.248 e. The molecule has 0 N–H and O–H groups in total. The third kappa shape index (κ3) is 5.14. The summed E-state index contributed by atoms with van der Waals surface area (Å²) in [5.74, 6) is -0.497. The molecule has 1 atom stereocenters. The van der Waals surface area contributed by atoms with Gasteiger partial charge in [-0.15, -0.1) is 0 Å². The van der Waals surface area contributed by atoms with Gasteiger partial charge in [0.15, 0.2) is 6.10 Å². The minimum atomic E-state index is -0.325. The highest BCUT2D eigenvalue weighted by molar-refractivity contribution is 6.01. The first-order chi connectivity index (χ1) is 13.0. The zero-order valence-corrected chi connectivity index (χ0v) is 15.5. The number of ether oxygens (including phenoxy) is 1. The van der Waals surface area contributed by atoms with Crippen molar-refractivity contribution in [3.05, 3.63) is 71.0 Å². The molecule has 1 amide bonds. The molecule has 0 bridgehead atoms. The Morgan fingerprint density at radius 3 is 2.78 bits per heavy atom. The van der Waals surface area contributed by atoms with Gasteiger partial charge in [0.25, 0.3) is 0 Å². The van der Waals surface area contributed by atoms with Gasteiger partial charge in [-0.1, -0.05) is 47.1 Å². The van der Waals surface area contributed by atoms with Crippen LogP contribution in [0.4, 0.5) is 4.39 Å². The SMILES string of the molecule is COCC(=O)N(Cc1cccc(F)c1)C[C@@H]1CC(c2ccc(C)cc2)=NO1. The lowest BCUT2D eigenvalue weighted by molar-refractivity contribution is -0.137. The molecule has 0 unspecified atom stereocenters. The minimum absolute atomic E-state index is 0.0340. The van der Waals surface area contributed by atoms with Crippen LogP contribution in [-0.2, 0) is 20.9 Å². The zero-order valence-electron chi connectivity index (χ0n) is 15.5. The van der Waals surface area contributed by atoms with Gasteiger partial charge < -0.3 is 14.5 Å². The molecule has 0 spiro atoms. The van der Waals surface area contributed by atoms with Crippen LogP contribution in [0.2, 0.25) is 0 Å². The van der Waals surface area contributed by atoms with Crippen LogP contribution >= 0.6 is 0 Å². The normalized spacial score (nSPS) is 16.0. The van der Waals surface area contributed by atoms with Gasteiger partial charge in [-0.2, -0.15) is 0 Å². The van der Waals surface area contributed by atoms with Gasteiger partial charge in [0.05, 0.1) is 12.3 Å². The quantitative estimate of drug-likeness (QED) is 0.751. The highest BCUT2D eigenvalue weighted by Gasteiger charge is 2.26. The Kier molecular flexibility index (Phi) is 6.19. The van der Waals surface area contributed by atoms with E-state index in [-0.39, 0.29) is 24.4 Å². The number of hydrogen-bond donors (Lipinski definition) is 0. The summed E-state index contributed by atoms with van der Waals surface area (Å²) in [6.45, 7) is 2.65. The third-order valence-corrected chi connectivity index (χ3v) is 4.42. The maximum absolute atomic E-state index is 13.5. The number of rotatable bonds is 7. The van der Waals surface area contributed by atoms with E-state index in [1.807, 2.05) is 31.2 Å². The van der Waals surface area contributed by atoms with E-state index in [1.165, 1.54) is 24.8 Å². The second kappa shape index (κ2) is 8.77. The molecule has 142 valence electrons. The molecule has 0 radical (unpaired) electrons. The standard InChI is InChI=1S/C21H23FN2O3/c1-15-6-8-17(9-7-15)20-11-19(27-23-20)13-24(21(25)14-26-2)12-16-4-3-5-18(22)10-16/h3-10,19H,11-14H2,1-2H3/t19-/m0/s1. The van der Waals surface area contributed by atoms with Crippen LogP contribution in [-0.4, -0.2) is 42.9 Å². The smallest absolute Gasteiger partial charge is 0.248 e. The second-order valence-corrected chi connectivity index (χ2v) is 6.67. The summed E-state index contributed by atoms with van der Waals surface area (Å²) < 4.78 is 18.4.